The van der Waals surface area contributed by atoms with Gasteiger partial charge in [0, 0.05) is 18.1 Å². The lowest BCUT2D eigenvalue weighted by Gasteiger charge is -2.19. The van der Waals surface area contributed by atoms with Crippen LogP contribution in [0.15, 0.2) is 24.3 Å². The van der Waals surface area contributed by atoms with E-state index in [1.54, 1.807) is 24.3 Å². The van der Waals surface area contributed by atoms with Crippen LogP contribution in [0.25, 0.3) is 0 Å². The van der Waals surface area contributed by atoms with Crippen molar-refractivity contribution in [2.24, 2.45) is 0 Å². The Morgan fingerprint density at radius 1 is 1.15 bits per heavy atom. The van der Waals surface area contributed by atoms with Gasteiger partial charge in [-0.3, -0.25) is 10.1 Å². The minimum Gasteiger partial charge on any atom is -0.491 e. The molecule has 0 aliphatic carbocycles. The highest BCUT2D eigenvalue weighted by molar-refractivity contribution is 5.29. The first-order valence-corrected chi connectivity index (χ1v) is 9.28. The number of rotatable bonds is 15. The van der Waals surface area contributed by atoms with Gasteiger partial charge in [0.25, 0.3) is 0 Å². The second-order valence-corrected chi connectivity index (χ2v) is 6.19. The van der Waals surface area contributed by atoms with E-state index in [0.29, 0.717) is 37.7 Å². The molecule has 0 aromatic heterocycles. The Hall–Kier alpha value is -1.70. The van der Waals surface area contributed by atoms with Crippen molar-refractivity contribution < 1.29 is 24.2 Å². The van der Waals surface area contributed by atoms with E-state index in [0.717, 1.165) is 25.7 Å². The number of unbranched alkanes of at least 4 members (excludes halogenated alkanes) is 2. The number of nitro groups is 1. The van der Waals surface area contributed by atoms with E-state index in [2.05, 4.69) is 13.8 Å². The van der Waals surface area contributed by atoms with Crippen molar-refractivity contribution >= 4 is 0 Å². The highest BCUT2D eigenvalue weighted by Gasteiger charge is 2.15. The lowest BCUT2D eigenvalue weighted by atomic mass is 10.1. The topological polar surface area (TPSA) is 91.1 Å². The number of nitrogens with zero attached hydrogens (tertiary/aromatic N) is 1. The molecule has 2 atom stereocenters. The van der Waals surface area contributed by atoms with Crippen molar-refractivity contribution in [3.63, 3.8) is 0 Å². The third-order valence-corrected chi connectivity index (χ3v) is 3.80. The molecule has 0 saturated carbocycles. The summed E-state index contributed by atoms with van der Waals surface area (Å²) in [5.74, 6) is 0.544. The zero-order chi connectivity index (χ0) is 19.2. The molecular weight excluding hydrogens is 338 g/mol. The molecule has 0 unspecified atom stereocenters. The smallest absolute Gasteiger partial charge is 0.233 e. The van der Waals surface area contributed by atoms with Crippen molar-refractivity contribution in [1.29, 1.82) is 0 Å². The van der Waals surface area contributed by atoms with Gasteiger partial charge < -0.3 is 19.3 Å². The van der Waals surface area contributed by atoms with Crippen LogP contribution in [0.5, 0.6) is 5.75 Å². The Morgan fingerprint density at radius 2 is 1.88 bits per heavy atom. The predicted octanol–water partition coefficient (Wildman–Crippen LogP) is 3.38. The molecule has 1 aromatic carbocycles. The average molecular weight is 369 g/mol. The molecule has 7 heteroatoms. The highest BCUT2D eigenvalue weighted by atomic mass is 16.6. The first-order chi connectivity index (χ1) is 12.6. The van der Waals surface area contributed by atoms with E-state index >= 15 is 0 Å². The Kier molecular flexibility index (Phi) is 11.6. The zero-order valence-electron chi connectivity index (χ0n) is 15.8. The zero-order valence-corrected chi connectivity index (χ0v) is 15.8. The molecule has 0 spiro atoms. The molecule has 1 aromatic rings. The maximum absolute atomic E-state index is 10.5. The van der Waals surface area contributed by atoms with E-state index in [4.69, 9.17) is 14.2 Å². The quantitative estimate of drug-likeness (QED) is 0.289. The fourth-order valence-electron chi connectivity index (χ4n) is 2.25. The lowest BCUT2D eigenvalue weighted by molar-refractivity contribution is -0.491. The van der Waals surface area contributed by atoms with Gasteiger partial charge in [-0.15, -0.1) is 0 Å². The summed E-state index contributed by atoms with van der Waals surface area (Å²) < 4.78 is 17.2. The molecule has 26 heavy (non-hydrogen) atoms. The minimum atomic E-state index is -1.15. The van der Waals surface area contributed by atoms with Crippen LogP contribution in [0, 0.1) is 10.1 Å². The Bertz CT molecular complexity index is 511. The monoisotopic (exact) mass is 369 g/mol. The lowest BCUT2D eigenvalue weighted by Crippen LogP contribution is -2.28. The van der Waals surface area contributed by atoms with Gasteiger partial charge in [-0.1, -0.05) is 38.8 Å². The first-order valence-electron chi connectivity index (χ1n) is 9.28. The van der Waals surface area contributed by atoms with Crippen LogP contribution >= 0.6 is 0 Å². The summed E-state index contributed by atoms with van der Waals surface area (Å²) in [5.41, 5.74) is 0.460. The van der Waals surface area contributed by atoms with Crippen LogP contribution in [0.4, 0.5) is 0 Å². The van der Waals surface area contributed by atoms with Crippen LogP contribution in [-0.2, 0) is 9.47 Å². The molecule has 0 aliphatic rings. The van der Waals surface area contributed by atoms with Gasteiger partial charge >= 0.3 is 0 Å². The SMILES string of the molecule is CCCCOC[C@H](COc1cccc([C@H](O)C[N+](=O)[O-])c1)OCCCC. The number of ether oxygens (including phenoxy) is 3. The summed E-state index contributed by atoms with van der Waals surface area (Å²) in [4.78, 5) is 10.0. The third kappa shape index (κ3) is 9.70. The van der Waals surface area contributed by atoms with Crippen LogP contribution in [0.3, 0.4) is 0 Å². The van der Waals surface area contributed by atoms with Crippen molar-refractivity contribution in [3.8, 4) is 5.75 Å². The number of hydrogen-bond donors (Lipinski definition) is 1. The summed E-state index contributed by atoms with van der Waals surface area (Å²) in [7, 11) is 0. The number of hydrogen-bond acceptors (Lipinski definition) is 6. The maximum Gasteiger partial charge on any atom is 0.233 e. The van der Waals surface area contributed by atoms with Crippen molar-refractivity contribution in [3.05, 3.63) is 39.9 Å². The van der Waals surface area contributed by atoms with E-state index in [1.165, 1.54) is 0 Å². The van der Waals surface area contributed by atoms with E-state index in [9.17, 15) is 15.2 Å². The van der Waals surface area contributed by atoms with E-state index in [-0.39, 0.29) is 6.10 Å². The molecule has 7 nitrogen and oxygen atoms in total. The van der Waals surface area contributed by atoms with Crippen LogP contribution in [-0.4, -0.2) is 49.1 Å². The maximum atomic E-state index is 10.5. The average Bonchev–Trinajstić information content (AvgIpc) is 2.62. The van der Waals surface area contributed by atoms with Crippen LogP contribution < -0.4 is 4.74 Å². The second-order valence-electron chi connectivity index (χ2n) is 6.19. The van der Waals surface area contributed by atoms with Crippen molar-refractivity contribution in [2.75, 3.05) is 33.0 Å². The van der Waals surface area contributed by atoms with Gasteiger partial charge in [-0.05, 0) is 30.5 Å². The molecule has 0 fully saturated rings. The van der Waals surface area contributed by atoms with E-state index in [1.807, 2.05) is 0 Å². The normalized spacial score (nSPS) is 13.3. The molecule has 1 N–H and O–H groups in total. The fourth-order valence-corrected chi connectivity index (χ4v) is 2.25. The molecule has 148 valence electrons. The summed E-state index contributed by atoms with van der Waals surface area (Å²) in [5, 5.41) is 20.4. The molecule has 1 rings (SSSR count). The van der Waals surface area contributed by atoms with Crippen molar-refractivity contribution in [2.45, 2.75) is 51.7 Å². The second kappa shape index (κ2) is 13.5. The Labute approximate surface area is 155 Å². The first kappa shape index (κ1) is 22.3. The highest BCUT2D eigenvalue weighted by Crippen LogP contribution is 2.20. The molecule has 0 heterocycles. The van der Waals surface area contributed by atoms with Crippen molar-refractivity contribution in [1.82, 2.24) is 0 Å². The predicted molar refractivity (Wildman–Crippen MR) is 99.1 cm³/mol. The largest absolute Gasteiger partial charge is 0.491 e. The summed E-state index contributed by atoms with van der Waals surface area (Å²) in [6, 6.07) is 6.72. The molecule has 0 saturated heterocycles. The molecule has 0 radical (unpaired) electrons. The number of aliphatic hydroxyl groups is 1. The fraction of sp³-hybridized carbons (Fsp3) is 0.684. The standard InChI is InChI=1S/C19H31NO6/c1-3-5-10-24-14-18(25-11-6-4-2)15-26-17-9-7-8-16(12-17)19(21)13-20(22)23/h7-9,12,18-19,21H,3-6,10-11,13-15H2,1-2H3/t18-,19-/m1/s1. The molecule has 0 aliphatic heterocycles. The molecule has 0 amide bonds. The number of benzene rings is 1. The summed E-state index contributed by atoms with van der Waals surface area (Å²) >= 11 is 0. The summed E-state index contributed by atoms with van der Waals surface area (Å²) in [6.07, 6.45) is 2.80. The summed E-state index contributed by atoms with van der Waals surface area (Å²) in [6.45, 7) is 5.84. The van der Waals surface area contributed by atoms with E-state index < -0.39 is 17.6 Å². The third-order valence-electron chi connectivity index (χ3n) is 3.80. The van der Waals surface area contributed by atoms with Gasteiger partial charge in [0.1, 0.15) is 24.6 Å². The van der Waals surface area contributed by atoms with Gasteiger partial charge in [0.05, 0.1) is 6.61 Å². The van der Waals surface area contributed by atoms with Crippen LogP contribution in [0.2, 0.25) is 0 Å². The van der Waals surface area contributed by atoms with Gasteiger partial charge in [-0.2, -0.15) is 0 Å². The number of aliphatic hydroxyl groups excluding tert-OH is 1. The molecule has 0 bridgehead atoms. The minimum absolute atomic E-state index is 0.175. The molecular formula is C19H31NO6. The van der Waals surface area contributed by atoms with Gasteiger partial charge in [0.15, 0.2) is 0 Å². The van der Waals surface area contributed by atoms with Crippen LogP contribution in [0.1, 0.15) is 51.2 Å². The Morgan fingerprint density at radius 3 is 2.58 bits per heavy atom. The van der Waals surface area contributed by atoms with Gasteiger partial charge in [0.2, 0.25) is 6.54 Å². The van der Waals surface area contributed by atoms with Gasteiger partial charge in [-0.25, -0.2) is 0 Å². The Balaban J connectivity index is 2.55.